The first-order valence-corrected chi connectivity index (χ1v) is 9.78. The van der Waals surface area contributed by atoms with Gasteiger partial charge >= 0.3 is 5.97 Å². The van der Waals surface area contributed by atoms with Gasteiger partial charge in [-0.3, -0.25) is 0 Å². The van der Waals surface area contributed by atoms with Crippen LogP contribution < -0.4 is 0 Å². The number of alkyl halides is 1. The van der Waals surface area contributed by atoms with Crippen LogP contribution in [0.4, 0.5) is 0 Å². The molecule has 2 fully saturated rings. The highest BCUT2D eigenvalue weighted by molar-refractivity contribution is 6.17. The second-order valence-electron chi connectivity index (χ2n) is 7.80. The lowest BCUT2D eigenvalue weighted by Gasteiger charge is -2.29. The van der Waals surface area contributed by atoms with Gasteiger partial charge in [-0.2, -0.15) is 0 Å². The number of carbonyl (C=O) groups is 1. The van der Waals surface area contributed by atoms with Crippen LogP contribution in [0.5, 0.6) is 0 Å². The van der Waals surface area contributed by atoms with Crippen molar-refractivity contribution < 1.29 is 34.0 Å². The highest BCUT2D eigenvalue weighted by atomic mass is 35.5. The van der Waals surface area contributed by atoms with Crippen molar-refractivity contribution in [1.82, 2.24) is 0 Å². The third kappa shape index (κ3) is 7.66. The highest BCUT2D eigenvalue weighted by Gasteiger charge is 2.45. The van der Waals surface area contributed by atoms with Crippen molar-refractivity contribution in [1.29, 1.82) is 0 Å². The van der Waals surface area contributed by atoms with E-state index in [1.807, 2.05) is 26.0 Å². The zero-order valence-electron chi connectivity index (χ0n) is 16.7. The summed E-state index contributed by atoms with van der Waals surface area (Å²) < 4.78 is 22.6. The monoisotopic (exact) mass is 416 g/mol. The molecule has 2 N–H and O–H groups in total. The second-order valence-corrected chi connectivity index (χ2v) is 8.07. The van der Waals surface area contributed by atoms with Gasteiger partial charge in [0.25, 0.3) is 0 Å². The van der Waals surface area contributed by atoms with Crippen LogP contribution in [-0.4, -0.2) is 52.9 Å². The lowest BCUT2D eigenvalue weighted by atomic mass is 10.1. The number of halogens is 1. The molecule has 0 aliphatic carbocycles. The molecule has 0 unspecified atom stereocenters. The van der Waals surface area contributed by atoms with Crippen LogP contribution in [0, 0.1) is 0 Å². The SMILES string of the molecule is CC(C)(O)O.CC1(C)O[C@H]2O[C@@H](COC(=O)c3ccc(CCl)cc3)CC[C@H]2O1. The Bertz CT molecular complexity index is 633. The molecule has 0 saturated carbocycles. The van der Waals surface area contributed by atoms with Gasteiger partial charge in [0.05, 0.1) is 11.7 Å². The van der Waals surface area contributed by atoms with E-state index in [4.69, 9.17) is 40.8 Å². The van der Waals surface area contributed by atoms with Crippen LogP contribution in [0.15, 0.2) is 24.3 Å². The van der Waals surface area contributed by atoms with Gasteiger partial charge in [0.2, 0.25) is 0 Å². The molecule has 2 saturated heterocycles. The fourth-order valence-electron chi connectivity index (χ4n) is 2.83. The van der Waals surface area contributed by atoms with E-state index >= 15 is 0 Å². The topological polar surface area (TPSA) is 94.5 Å². The van der Waals surface area contributed by atoms with Crippen LogP contribution in [0.3, 0.4) is 0 Å². The Labute approximate surface area is 170 Å². The Morgan fingerprint density at radius 3 is 2.39 bits per heavy atom. The molecule has 7 nitrogen and oxygen atoms in total. The molecule has 3 atom stereocenters. The smallest absolute Gasteiger partial charge is 0.338 e. The molecule has 1 aromatic carbocycles. The van der Waals surface area contributed by atoms with Crippen molar-refractivity contribution in [3.8, 4) is 0 Å². The molecule has 2 aliphatic rings. The summed E-state index contributed by atoms with van der Waals surface area (Å²) in [6.07, 6.45) is 1.02. The number of rotatable bonds is 4. The predicted octanol–water partition coefficient (Wildman–Crippen LogP) is 2.95. The first-order valence-electron chi connectivity index (χ1n) is 9.25. The number of aliphatic hydroxyl groups is 2. The van der Waals surface area contributed by atoms with Crippen molar-refractivity contribution in [3.63, 3.8) is 0 Å². The zero-order valence-corrected chi connectivity index (χ0v) is 17.4. The third-order valence-corrected chi connectivity index (χ3v) is 4.29. The quantitative estimate of drug-likeness (QED) is 0.442. The normalized spacial score (nSPS) is 26.0. The summed E-state index contributed by atoms with van der Waals surface area (Å²) in [7, 11) is 0. The standard InChI is InChI=1S/C17H21ClO5.C3H8O2/c1-17(2)22-14-8-7-13(21-16(14)23-17)10-20-15(19)12-5-3-11(9-18)4-6-12;1-3(2,4)5/h3-6,13-14,16H,7-10H2,1-2H3;4-5H,1-2H3/t13-,14-,16-;/m1./s1. The van der Waals surface area contributed by atoms with E-state index in [-0.39, 0.29) is 31.1 Å². The molecule has 0 amide bonds. The second kappa shape index (κ2) is 9.52. The van der Waals surface area contributed by atoms with Crippen molar-refractivity contribution in [2.75, 3.05) is 6.61 Å². The number of carbonyl (C=O) groups excluding carboxylic acids is 1. The Kier molecular flexibility index (Phi) is 7.84. The van der Waals surface area contributed by atoms with Crippen LogP contribution in [0.2, 0.25) is 0 Å². The van der Waals surface area contributed by atoms with Gasteiger partial charge in [-0.15, -0.1) is 11.6 Å². The molecular formula is C20H29ClO7. The average Bonchev–Trinajstić information content (AvgIpc) is 2.91. The van der Waals surface area contributed by atoms with Gasteiger partial charge in [-0.25, -0.2) is 4.79 Å². The molecule has 1 aromatic rings. The average molecular weight is 417 g/mol. The van der Waals surface area contributed by atoms with Gasteiger partial charge in [-0.1, -0.05) is 12.1 Å². The number of esters is 1. The van der Waals surface area contributed by atoms with E-state index in [0.717, 1.165) is 18.4 Å². The summed E-state index contributed by atoms with van der Waals surface area (Å²) >= 11 is 5.73. The van der Waals surface area contributed by atoms with Gasteiger partial charge in [0, 0.05) is 5.88 Å². The Morgan fingerprint density at radius 1 is 1.21 bits per heavy atom. The minimum atomic E-state index is -1.50. The molecule has 3 rings (SSSR count). The maximum Gasteiger partial charge on any atom is 0.338 e. The van der Waals surface area contributed by atoms with Crippen LogP contribution in [-0.2, 0) is 24.8 Å². The van der Waals surface area contributed by atoms with Crippen LogP contribution in [0.1, 0.15) is 56.5 Å². The number of fused-ring (bicyclic) bond motifs is 1. The van der Waals surface area contributed by atoms with Crippen molar-refractivity contribution in [2.45, 2.75) is 76.5 Å². The zero-order chi connectivity index (χ0) is 20.9. The molecule has 0 radical (unpaired) electrons. The van der Waals surface area contributed by atoms with Crippen molar-refractivity contribution in [3.05, 3.63) is 35.4 Å². The van der Waals surface area contributed by atoms with E-state index in [1.165, 1.54) is 13.8 Å². The lowest BCUT2D eigenvalue weighted by Crippen LogP contribution is -2.39. The molecule has 158 valence electrons. The summed E-state index contributed by atoms with van der Waals surface area (Å²) in [5.74, 6) is -2.06. The van der Waals surface area contributed by atoms with Crippen molar-refractivity contribution >= 4 is 17.6 Å². The van der Waals surface area contributed by atoms with Crippen LogP contribution in [0.25, 0.3) is 0 Å². The van der Waals surface area contributed by atoms with Crippen LogP contribution >= 0.6 is 11.6 Å². The molecule has 2 heterocycles. The van der Waals surface area contributed by atoms with Gasteiger partial charge in [0.1, 0.15) is 12.7 Å². The maximum atomic E-state index is 12.1. The summed E-state index contributed by atoms with van der Waals surface area (Å²) in [4.78, 5) is 12.1. The lowest BCUT2D eigenvalue weighted by molar-refractivity contribution is -0.214. The maximum absolute atomic E-state index is 12.1. The fraction of sp³-hybridized carbons (Fsp3) is 0.650. The Morgan fingerprint density at radius 2 is 1.82 bits per heavy atom. The van der Waals surface area contributed by atoms with E-state index < -0.39 is 11.6 Å². The Hall–Kier alpha value is -1.22. The number of hydrogen-bond acceptors (Lipinski definition) is 7. The minimum absolute atomic E-state index is 0.0416. The third-order valence-electron chi connectivity index (χ3n) is 3.98. The van der Waals surface area contributed by atoms with Gasteiger partial charge in [0.15, 0.2) is 17.9 Å². The minimum Gasteiger partial charge on any atom is -0.459 e. The molecule has 2 aliphatic heterocycles. The van der Waals surface area contributed by atoms with E-state index in [2.05, 4.69) is 0 Å². The van der Waals surface area contributed by atoms with E-state index in [9.17, 15) is 4.79 Å². The molecule has 0 bridgehead atoms. The van der Waals surface area contributed by atoms with Gasteiger partial charge in [-0.05, 0) is 58.2 Å². The first kappa shape index (κ1) is 23.1. The molecule has 0 spiro atoms. The number of benzene rings is 1. The number of ether oxygens (including phenoxy) is 4. The Balaban J connectivity index is 0.000000500. The van der Waals surface area contributed by atoms with E-state index in [0.29, 0.717) is 11.4 Å². The molecule has 28 heavy (non-hydrogen) atoms. The summed E-state index contributed by atoms with van der Waals surface area (Å²) in [5.41, 5.74) is 1.47. The summed E-state index contributed by atoms with van der Waals surface area (Å²) in [6.45, 7) is 6.55. The largest absolute Gasteiger partial charge is 0.459 e. The first-order chi connectivity index (χ1) is 13.0. The molecular weight excluding hydrogens is 388 g/mol. The molecule has 8 heteroatoms. The van der Waals surface area contributed by atoms with Gasteiger partial charge < -0.3 is 29.2 Å². The summed E-state index contributed by atoms with van der Waals surface area (Å²) in [6, 6.07) is 7.07. The fourth-order valence-corrected chi connectivity index (χ4v) is 3.00. The van der Waals surface area contributed by atoms with Crippen molar-refractivity contribution in [2.24, 2.45) is 0 Å². The van der Waals surface area contributed by atoms with E-state index in [1.54, 1.807) is 12.1 Å². The predicted molar refractivity (Wildman–Crippen MR) is 103 cm³/mol. The highest BCUT2D eigenvalue weighted by Crippen LogP contribution is 2.35. The molecule has 0 aromatic heterocycles. The number of hydrogen-bond donors (Lipinski definition) is 2. The summed E-state index contributed by atoms with van der Waals surface area (Å²) in [5, 5.41) is 16.2.